The van der Waals surface area contributed by atoms with Crippen molar-refractivity contribution in [3.63, 3.8) is 0 Å². The Balaban J connectivity index is 1.71. The van der Waals surface area contributed by atoms with Gasteiger partial charge < -0.3 is 15.0 Å². The molecule has 0 spiro atoms. The molecule has 2 heterocycles. The molecule has 2 aromatic carbocycles. The summed E-state index contributed by atoms with van der Waals surface area (Å²) in [6, 6.07) is 19.2. The molecule has 2 fully saturated rings. The predicted molar refractivity (Wildman–Crippen MR) is 107 cm³/mol. The van der Waals surface area contributed by atoms with Gasteiger partial charge in [-0.1, -0.05) is 60.7 Å². The van der Waals surface area contributed by atoms with Gasteiger partial charge in [0.15, 0.2) is 0 Å². The van der Waals surface area contributed by atoms with Crippen LogP contribution >= 0.6 is 0 Å². The average Bonchev–Trinajstić information content (AvgIpc) is 3.10. The molecular weight excluding hydrogens is 352 g/mol. The first-order valence-electron chi connectivity index (χ1n) is 10.0. The molecule has 28 heavy (non-hydrogen) atoms. The fraction of sp³-hybridized carbons (Fsp3) is 0.391. The van der Waals surface area contributed by atoms with Gasteiger partial charge in [-0.05, 0) is 30.9 Å². The molecule has 5 nitrogen and oxygen atoms in total. The molecule has 0 aliphatic carbocycles. The maximum atomic E-state index is 13.8. The van der Waals surface area contributed by atoms with E-state index in [1.807, 2.05) is 60.7 Å². The molecule has 5 heteroatoms. The van der Waals surface area contributed by atoms with E-state index in [-0.39, 0.29) is 24.0 Å². The minimum absolute atomic E-state index is 0.0334. The highest BCUT2D eigenvalue weighted by Crippen LogP contribution is 2.32. The third kappa shape index (κ3) is 3.54. The fourth-order valence-corrected chi connectivity index (χ4v) is 4.49. The molecule has 2 aliphatic heterocycles. The third-order valence-corrected chi connectivity index (χ3v) is 5.73. The van der Waals surface area contributed by atoms with Gasteiger partial charge in [0.1, 0.15) is 6.04 Å². The molecule has 4 rings (SSSR count). The van der Waals surface area contributed by atoms with Crippen molar-refractivity contribution >= 4 is 11.9 Å². The molecule has 0 unspecified atom stereocenters. The summed E-state index contributed by atoms with van der Waals surface area (Å²) in [5.74, 6) is -0.778. The van der Waals surface area contributed by atoms with Crippen LogP contribution in [0.4, 0.5) is 0 Å². The van der Waals surface area contributed by atoms with E-state index in [4.69, 9.17) is 4.74 Å². The van der Waals surface area contributed by atoms with Gasteiger partial charge in [-0.2, -0.15) is 0 Å². The first-order valence-corrected chi connectivity index (χ1v) is 10.0. The van der Waals surface area contributed by atoms with E-state index >= 15 is 0 Å². The standard InChI is InChI=1S/C23H26N2O3/c1-2-28-23(27)21-19-14-13-18(24-19)15-25(21)22(26)20(16-9-5-3-6-10-16)17-11-7-4-8-12-17/h3-12,18-21,24H,2,13-15H2,1H3/t18-,19+,21-/m0/s1. The Bertz CT molecular complexity index is 785. The Morgan fingerprint density at radius 1 is 1.04 bits per heavy atom. The number of hydrogen-bond donors (Lipinski definition) is 1. The van der Waals surface area contributed by atoms with Crippen LogP contribution < -0.4 is 5.32 Å². The van der Waals surface area contributed by atoms with Crippen LogP contribution in [-0.4, -0.2) is 48.1 Å². The quantitative estimate of drug-likeness (QED) is 0.813. The highest BCUT2D eigenvalue weighted by atomic mass is 16.5. The maximum absolute atomic E-state index is 13.8. The summed E-state index contributed by atoms with van der Waals surface area (Å²) >= 11 is 0. The van der Waals surface area contributed by atoms with Gasteiger partial charge >= 0.3 is 5.97 Å². The van der Waals surface area contributed by atoms with E-state index in [0.717, 1.165) is 24.0 Å². The van der Waals surface area contributed by atoms with E-state index in [1.54, 1.807) is 11.8 Å². The average molecular weight is 378 g/mol. The van der Waals surface area contributed by atoms with Gasteiger partial charge in [-0.3, -0.25) is 4.79 Å². The summed E-state index contributed by atoms with van der Waals surface area (Å²) in [6.45, 7) is 2.65. The number of esters is 1. The second kappa shape index (κ2) is 8.15. The van der Waals surface area contributed by atoms with Crippen LogP contribution in [0.15, 0.2) is 60.7 Å². The van der Waals surface area contributed by atoms with Crippen LogP contribution in [0.25, 0.3) is 0 Å². The predicted octanol–water partition coefficient (Wildman–Crippen LogP) is 2.71. The second-order valence-electron chi connectivity index (χ2n) is 7.49. The molecule has 1 amide bonds. The molecule has 2 aromatic rings. The Morgan fingerprint density at radius 2 is 1.64 bits per heavy atom. The van der Waals surface area contributed by atoms with Crippen molar-refractivity contribution < 1.29 is 14.3 Å². The van der Waals surface area contributed by atoms with Crippen LogP contribution in [0.2, 0.25) is 0 Å². The summed E-state index contributed by atoms with van der Waals surface area (Å²) < 4.78 is 5.33. The van der Waals surface area contributed by atoms with E-state index in [9.17, 15) is 9.59 Å². The number of rotatable bonds is 5. The minimum Gasteiger partial charge on any atom is -0.464 e. The zero-order valence-electron chi connectivity index (χ0n) is 16.1. The van der Waals surface area contributed by atoms with Crippen molar-refractivity contribution in [2.75, 3.05) is 13.2 Å². The molecule has 3 atom stereocenters. The number of carbonyl (C=O) groups is 2. The van der Waals surface area contributed by atoms with Gasteiger partial charge in [0, 0.05) is 18.6 Å². The van der Waals surface area contributed by atoms with E-state index < -0.39 is 12.0 Å². The van der Waals surface area contributed by atoms with Gasteiger partial charge in [0.05, 0.1) is 12.5 Å². The van der Waals surface area contributed by atoms with Crippen LogP contribution in [0, 0.1) is 0 Å². The number of hydrogen-bond acceptors (Lipinski definition) is 4. The number of nitrogens with zero attached hydrogens (tertiary/aromatic N) is 1. The number of nitrogens with one attached hydrogen (secondary N) is 1. The monoisotopic (exact) mass is 378 g/mol. The molecule has 0 radical (unpaired) electrons. The first kappa shape index (κ1) is 18.7. The number of fused-ring (bicyclic) bond motifs is 2. The number of benzene rings is 2. The summed E-state index contributed by atoms with van der Waals surface area (Å²) in [5, 5.41) is 3.49. The van der Waals surface area contributed by atoms with E-state index in [0.29, 0.717) is 13.2 Å². The summed E-state index contributed by atoms with van der Waals surface area (Å²) in [5.41, 5.74) is 1.87. The zero-order chi connectivity index (χ0) is 19.5. The summed E-state index contributed by atoms with van der Waals surface area (Å²) in [7, 11) is 0. The molecule has 146 valence electrons. The summed E-state index contributed by atoms with van der Waals surface area (Å²) in [4.78, 5) is 28.3. The number of likely N-dealkylation sites (tertiary alicyclic amines) is 1. The lowest BCUT2D eigenvalue weighted by Crippen LogP contribution is -2.63. The van der Waals surface area contributed by atoms with E-state index in [1.165, 1.54) is 0 Å². The van der Waals surface area contributed by atoms with Crippen molar-refractivity contribution in [1.29, 1.82) is 0 Å². The normalized spacial score (nSPS) is 23.6. The lowest BCUT2D eigenvalue weighted by Gasteiger charge is -2.41. The van der Waals surface area contributed by atoms with Crippen molar-refractivity contribution in [2.24, 2.45) is 0 Å². The molecule has 2 saturated heterocycles. The summed E-state index contributed by atoms with van der Waals surface area (Å²) in [6.07, 6.45) is 1.87. The second-order valence-corrected chi connectivity index (χ2v) is 7.49. The van der Waals surface area contributed by atoms with Gasteiger partial charge in [0.2, 0.25) is 5.91 Å². The lowest BCUT2D eigenvalue weighted by molar-refractivity contribution is -0.158. The molecule has 2 aliphatic rings. The van der Waals surface area contributed by atoms with Crippen LogP contribution in [0.1, 0.15) is 36.8 Å². The Labute approximate surface area is 165 Å². The number of carbonyl (C=O) groups excluding carboxylic acids is 2. The number of amides is 1. The number of ether oxygens (including phenoxy) is 1. The molecular formula is C23H26N2O3. The third-order valence-electron chi connectivity index (χ3n) is 5.73. The van der Waals surface area contributed by atoms with Crippen molar-refractivity contribution in [3.8, 4) is 0 Å². The van der Waals surface area contributed by atoms with Gasteiger partial charge in [-0.15, -0.1) is 0 Å². The fourth-order valence-electron chi connectivity index (χ4n) is 4.49. The largest absolute Gasteiger partial charge is 0.464 e. The smallest absolute Gasteiger partial charge is 0.330 e. The topological polar surface area (TPSA) is 58.6 Å². The Kier molecular flexibility index (Phi) is 5.44. The molecule has 0 aromatic heterocycles. The van der Waals surface area contributed by atoms with Crippen molar-refractivity contribution in [1.82, 2.24) is 10.2 Å². The van der Waals surface area contributed by atoms with Crippen molar-refractivity contribution in [3.05, 3.63) is 71.8 Å². The van der Waals surface area contributed by atoms with Gasteiger partial charge in [0.25, 0.3) is 0 Å². The van der Waals surface area contributed by atoms with Crippen LogP contribution in [0.3, 0.4) is 0 Å². The molecule has 2 bridgehead atoms. The Hall–Kier alpha value is -2.66. The van der Waals surface area contributed by atoms with Crippen LogP contribution in [-0.2, 0) is 14.3 Å². The zero-order valence-corrected chi connectivity index (χ0v) is 16.1. The van der Waals surface area contributed by atoms with Crippen molar-refractivity contribution in [2.45, 2.75) is 43.8 Å². The highest BCUT2D eigenvalue weighted by molar-refractivity contribution is 5.91. The molecule has 1 N–H and O–H groups in total. The Morgan fingerprint density at radius 3 is 2.21 bits per heavy atom. The first-order chi connectivity index (χ1) is 13.7. The maximum Gasteiger partial charge on any atom is 0.330 e. The number of piperazine rings is 1. The minimum atomic E-state index is -0.568. The highest BCUT2D eigenvalue weighted by Gasteiger charge is 2.48. The van der Waals surface area contributed by atoms with E-state index in [2.05, 4.69) is 5.32 Å². The van der Waals surface area contributed by atoms with Gasteiger partial charge in [-0.25, -0.2) is 4.79 Å². The molecule has 0 saturated carbocycles. The SMILES string of the molecule is CCOC(=O)[C@@H]1[C@H]2CC[C@@H](CN1C(=O)C(c1ccccc1)c1ccccc1)N2. The lowest BCUT2D eigenvalue weighted by atomic mass is 9.89. The van der Waals surface area contributed by atoms with Crippen LogP contribution in [0.5, 0.6) is 0 Å².